The zero-order valence-electron chi connectivity index (χ0n) is 11.8. The molecule has 116 valence electrons. The van der Waals surface area contributed by atoms with Gasteiger partial charge in [0.2, 0.25) is 0 Å². The van der Waals surface area contributed by atoms with Crippen LogP contribution in [-0.2, 0) is 20.4 Å². The predicted octanol–water partition coefficient (Wildman–Crippen LogP) is 3.43. The molecule has 0 radical (unpaired) electrons. The highest BCUT2D eigenvalue weighted by Crippen LogP contribution is 2.33. The molecule has 0 bridgehead atoms. The van der Waals surface area contributed by atoms with E-state index in [0.29, 0.717) is 16.3 Å². The van der Waals surface area contributed by atoms with Gasteiger partial charge >= 0.3 is 0 Å². The van der Waals surface area contributed by atoms with E-state index < -0.39 is 15.4 Å². The molecular formula is C13H15Cl2NO4S. The minimum absolute atomic E-state index is 0.0236. The highest BCUT2D eigenvalue weighted by atomic mass is 35.5. The fraction of sp³-hybridized carbons (Fsp3) is 0.462. The van der Waals surface area contributed by atoms with Gasteiger partial charge in [0, 0.05) is 17.5 Å². The number of sulfone groups is 1. The summed E-state index contributed by atoms with van der Waals surface area (Å²) < 4.78 is 29.8. The monoisotopic (exact) mass is 351 g/mol. The first-order valence-electron chi connectivity index (χ1n) is 6.14. The summed E-state index contributed by atoms with van der Waals surface area (Å²) in [6.45, 7) is 3.55. The fourth-order valence-corrected chi connectivity index (χ4v) is 3.99. The minimum atomic E-state index is -3.60. The van der Waals surface area contributed by atoms with Gasteiger partial charge in [-0.05, 0) is 25.5 Å². The Hall–Kier alpha value is -0.980. The molecule has 0 unspecified atom stereocenters. The first-order chi connectivity index (χ1) is 9.64. The number of rotatable bonds is 3. The summed E-state index contributed by atoms with van der Waals surface area (Å²) in [4.78, 5) is 5.10. The van der Waals surface area contributed by atoms with Crippen molar-refractivity contribution in [2.24, 2.45) is 5.16 Å². The van der Waals surface area contributed by atoms with Crippen molar-refractivity contribution in [1.29, 1.82) is 0 Å². The van der Waals surface area contributed by atoms with Gasteiger partial charge in [-0.1, -0.05) is 28.4 Å². The average molecular weight is 352 g/mol. The van der Waals surface area contributed by atoms with Crippen LogP contribution < -0.4 is 4.74 Å². The largest absolute Gasteiger partial charge is 0.495 e. The first-order valence-corrected chi connectivity index (χ1v) is 8.55. The van der Waals surface area contributed by atoms with Gasteiger partial charge in [0.15, 0.2) is 14.9 Å². The lowest BCUT2D eigenvalue weighted by molar-refractivity contribution is 0.0123. The van der Waals surface area contributed by atoms with Crippen molar-refractivity contribution in [3.63, 3.8) is 0 Å². The maximum absolute atomic E-state index is 12.4. The van der Waals surface area contributed by atoms with Crippen molar-refractivity contribution in [2.75, 3.05) is 7.11 Å². The van der Waals surface area contributed by atoms with Crippen molar-refractivity contribution < 1.29 is 18.0 Å². The summed E-state index contributed by atoms with van der Waals surface area (Å²) in [6, 6.07) is 2.98. The van der Waals surface area contributed by atoms with Crippen LogP contribution in [0.5, 0.6) is 5.75 Å². The van der Waals surface area contributed by atoms with Crippen LogP contribution in [0.25, 0.3) is 0 Å². The number of oxime groups is 1. The smallest absolute Gasteiger partial charge is 0.199 e. The summed E-state index contributed by atoms with van der Waals surface area (Å²) in [7, 11) is -2.14. The second-order valence-electron chi connectivity index (χ2n) is 5.35. The van der Waals surface area contributed by atoms with E-state index in [1.165, 1.54) is 19.2 Å². The Morgan fingerprint density at radius 2 is 2.00 bits per heavy atom. The zero-order chi connectivity index (χ0) is 15.8. The van der Waals surface area contributed by atoms with Crippen molar-refractivity contribution in [3.05, 3.63) is 27.7 Å². The van der Waals surface area contributed by atoms with Crippen LogP contribution >= 0.6 is 23.2 Å². The lowest BCUT2D eigenvalue weighted by Crippen LogP contribution is -2.23. The topological polar surface area (TPSA) is 65.0 Å². The highest BCUT2D eigenvalue weighted by molar-refractivity contribution is 8.05. The van der Waals surface area contributed by atoms with E-state index in [9.17, 15) is 8.42 Å². The quantitative estimate of drug-likeness (QED) is 0.836. The van der Waals surface area contributed by atoms with Gasteiger partial charge < -0.3 is 9.57 Å². The molecule has 0 amide bonds. The van der Waals surface area contributed by atoms with Crippen LogP contribution in [0.4, 0.5) is 0 Å². The lowest BCUT2D eigenvalue weighted by atomic mass is 10.1. The Kier molecular flexibility index (Phi) is 4.42. The third-order valence-electron chi connectivity index (χ3n) is 3.00. The Bertz CT molecular complexity index is 698. The minimum Gasteiger partial charge on any atom is -0.495 e. The molecule has 8 heteroatoms. The Morgan fingerprint density at radius 3 is 2.52 bits per heavy atom. The van der Waals surface area contributed by atoms with E-state index in [4.69, 9.17) is 32.8 Å². The van der Waals surface area contributed by atoms with Crippen LogP contribution in [0.15, 0.2) is 17.3 Å². The van der Waals surface area contributed by atoms with E-state index >= 15 is 0 Å². The van der Waals surface area contributed by atoms with E-state index in [-0.39, 0.29) is 22.2 Å². The molecule has 1 aliphatic heterocycles. The molecule has 1 aromatic rings. The van der Waals surface area contributed by atoms with Gasteiger partial charge in [-0.3, -0.25) is 0 Å². The molecule has 0 saturated heterocycles. The number of hydrogen-bond donors (Lipinski definition) is 0. The van der Waals surface area contributed by atoms with E-state index in [2.05, 4.69) is 5.16 Å². The fourth-order valence-electron chi connectivity index (χ4n) is 1.89. The van der Waals surface area contributed by atoms with Crippen molar-refractivity contribution in [1.82, 2.24) is 0 Å². The molecule has 2 rings (SSSR count). The molecule has 21 heavy (non-hydrogen) atoms. The lowest BCUT2D eigenvalue weighted by Gasteiger charge is -2.13. The molecule has 1 aliphatic rings. The number of nitrogens with zero attached hydrogens (tertiary/aromatic N) is 1. The standard InChI is InChI=1S/C13H15Cl2NO4S/c1-13(2)6-12(16-20-13)21(17,18)7-8-4-10(15)11(19-3)5-9(8)14/h4-5H,6-7H2,1-3H3. The number of methoxy groups -OCH3 is 1. The van der Waals surface area contributed by atoms with E-state index in [1.54, 1.807) is 13.8 Å². The third-order valence-corrected chi connectivity index (χ3v) is 5.27. The van der Waals surface area contributed by atoms with Crippen molar-refractivity contribution >= 4 is 38.1 Å². The summed E-state index contributed by atoms with van der Waals surface area (Å²) in [5.41, 5.74) is -0.209. The van der Waals surface area contributed by atoms with Gasteiger partial charge in [-0.2, -0.15) is 0 Å². The SMILES string of the molecule is COc1cc(Cl)c(CS(=O)(=O)C2=NOC(C)(C)C2)cc1Cl. The summed E-state index contributed by atoms with van der Waals surface area (Å²) in [5.74, 6) is 0.110. The molecule has 0 fully saturated rings. The van der Waals surface area contributed by atoms with E-state index in [1.807, 2.05) is 0 Å². The zero-order valence-corrected chi connectivity index (χ0v) is 14.1. The number of halogens is 2. The molecule has 0 aliphatic carbocycles. The molecule has 0 N–H and O–H groups in total. The maximum atomic E-state index is 12.4. The number of benzene rings is 1. The van der Waals surface area contributed by atoms with Gasteiger partial charge in [-0.25, -0.2) is 8.42 Å². The van der Waals surface area contributed by atoms with Gasteiger partial charge in [-0.15, -0.1) is 0 Å². The second kappa shape index (κ2) is 5.66. The molecule has 0 atom stereocenters. The van der Waals surface area contributed by atoms with Crippen LogP contribution in [0, 0.1) is 0 Å². The summed E-state index contributed by atoms with van der Waals surface area (Å²) >= 11 is 12.1. The second-order valence-corrected chi connectivity index (χ2v) is 8.15. The Morgan fingerprint density at radius 1 is 1.33 bits per heavy atom. The normalized spacial score (nSPS) is 17.3. The Labute approximate surface area is 133 Å². The molecule has 0 aromatic heterocycles. The maximum Gasteiger partial charge on any atom is 0.199 e. The Balaban J connectivity index is 2.28. The predicted molar refractivity (Wildman–Crippen MR) is 82.9 cm³/mol. The summed E-state index contributed by atoms with van der Waals surface area (Å²) in [5, 5.41) is 4.27. The van der Waals surface area contributed by atoms with Crippen molar-refractivity contribution in [2.45, 2.75) is 31.6 Å². The average Bonchev–Trinajstić information content (AvgIpc) is 2.74. The van der Waals surface area contributed by atoms with Crippen LogP contribution in [0.2, 0.25) is 10.0 Å². The third kappa shape index (κ3) is 3.62. The molecular weight excluding hydrogens is 337 g/mol. The molecule has 0 saturated carbocycles. The van der Waals surface area contributed by atoms with Gasteiger partial charge in [0.1, 0.15) is 11.4 Å². The van der Waals surface area contributed by atoms with Crippen LogP contribution in [-0.4, -0.2) is 26.2 Å². The number of hydrogen-bond acceptors (Lipinski definition) is 5. The van der Waals surface area contributed by atoms with E-state index in [0.717, 1.165) is 0 Å². The van der Waals surface area contributed by atoms with Crippen molar-refractivity contribution in [3.8, 4) is 5.75 Å². The highest BCUT2D eigenvalue weighted by Gasteiger charge is 2.36. The molecule has 1 heterocycles. The number of ether oxygens (including phenoxy) is 1. The first kappa shape index (κ1) is 16.4. The van der Waals surface area contributed by atoms with Crippen LogP contribution in [0.1, 0.15) is 25.8 Å². The molecule has 0 spiro atoms. The molecule has 1 aromatic carbocycles. The summed E-state index contributed by atoms with van der Waals surface area (Å²) in [6.07, 6.45) is 0.233. The van der Waals surface area contributed by atoms with Crippen LogP contribution in [0.3, 0.4) is 0 Å². The van der Waals surface area contributed by atoms with Gasteiger partial charge in [0.25, 0.3) is 0 Å². The van der Waals surface area contributed by atoms with Gasteiger partial charge in [0.05, 0.1) is 17.9 Å². The molecule has 5 nitrogen and oxygen atoms in total.